The van der Waals surface area contributed by atoms with Crippen molar-refractivity contribution < 1.29 is 19.0 Å². The molecule has 0 saturated carbocycles. The van der Waals surface area contributed by atoms with E-state index in [1.54, 1.807) is 12.1 Å². The van der Waals surface area contributed by atoms with E-state index in [-0.39, 0.29) is 6.61 Å². The fourth-order valence-corrected chi connectivity index (χ4v) is 4.40. The third kappa shape index (κ3) is 5.31. The van der Waals surface area contributed by atoms with E-state index in [0.29, 0.717) is 43.4 Å². The third-order valence-corrected chi connectivity index (χ3v) is 6.25. The van der Waals surface area contributed by atoms with E-state index in [9.17, 15) is 4.79 Å². The Bertz CT molecular complexity index is 1430. The second-order valence-corrected chi connectivity index (χ2v) is 8.51. The fourth-order valence-electron chi connectivity index (χ4n) is 4.40. The summed E-state index contributed by atoms with van der Waals surface area (Å²) < 4.78 is 17.0. The molecule has 4 aromatic rings. The molecule has 1 aliphatic rings. The average molecular weight is 510 g/mol. The number of rotatable bonds is 9. The molecule has 0 radical (unpaired) electrons. The number of hydrazine groups is 1. The number of terminal acetylenes is 1. The highest BCUT2D eigenvalue weighted by molar-refractivity contribution is 5.92. The molecule has 3 aromatic carbocycles. The van der Waals surface area contributed by atoms with Gasteiger partial charge in [-0.1, -0.05) is 24.1 Å². The minimum absolute atomic E-state index is 0.137. The lowest BCUT2D eigenvalue weighted by atomic mass is 10.2. The second kappa shape index (κ2) is 11.5. The molecule has 5 rings (SSSR count). The summed E-state index contributed by atoms with van der Waals surface area (Å²) in [5.41, 5.74) is 1.50. The van der Waals surface area contributed by atoms with Gasteiger partial charge in [-0.2, -0.15) is 0 Å². The van der Waals surface area contributed by atoms with Crippen molar-refractivity contribution in [3.63, 3.8) is 0 Å². The van der Waals surface area contributed by atoms with Gasteiger partial charge < -0.3 is 19.1 Å². The zero-order chi connectivity index (χ0) is 26.3. The molecule has 192 valence electrons. The number of amides is 1. The van der Waals surface area contributed by atoms with Crippen LogP contribution in [0, 0.1) is 12.3 Å². The number of hydrogen-bond acceptors (Lipinski definition) is 8. The molecule has 1 aliphatic heterocycles. The summed E-state index contributed by atoms with van der Waals surface area (Å²) in [5, 5.41) is 4.51. The molecule has 0 unspecified atom stereocenters. The maximum Gasteiger partial charge on any atom is 0.228 e. The van der Waals surface area contributed by atoms with E-state index >= 15 is 0 Å². The van der Waals surface area contributed by atoms with Crippen LogP contribution in [0.5, 0.6) is 23.0 Å². The standard InChI is InChI=1S/C29H27N5O4/c1-3-17-37-28-19-26-25(18-27(28)36-2)29(31-20-30-26)32-13-15-33(16-14-32)34(21-35)22-9-11-24(12-10-22)38-23-7-5-4-6-8-23/h1,4-12,18-21H,13-17H2,2H3. The molecule has 0 spiro atoms. The average Bonchev–Trinajstić information content (AvgIpc) is 2.97. The van der Waals surface area contributed by atoms with Gasteiger partial charge in [0, 0.05) is 37.6 Å². The number of fused-ring (bicyclic) bond motifs is 1. The van der Waals surface area contributed by atoms with Crippen LogP contribution in [-0.2, 0) is 4.79 Å². The van der Waals surface area contributed by atoms with Crippen molar-refractivity contribution in [1.29, 1.82) is 0 Å². The summed E-state index contributed by atoms with van der Waals surface area (Å²) in [5.74, 6) is 5.83. The van der Waals surface area contributed by atoms with Gasteiger partial charge in [0.25, 0.3) is 0 Å². The van der Waals surface area contributed by atoms with E-state index in [1.165, 1.54) is 6.33 Å². The summed E-state index contributed by atoms with van der Waals surface area (Å²) in [7, 11) is 1.58. The number of benzene rings is 3. The summed E-state index contributed by atoms with van der Waals surface area (Å²) >= 11 is 0. The van der Waals surface area contributed by atoms with E-state index in [2.05, 4.69) is 20.8 Å². The molecular weight excluding hydrogens is 482 g/mol. The molecule has 2 heterocycles. The Labute approximate surface area is 221 Å². The van der Waals surface area contributed by atoms with Gasteiger partial charge in [-0.3, -0.25) is 4.79 Å². The Morgan fingerprint density at radius 3 is 2.39 bits per heavy atom. The maximum absolute atomic E-state index is 12.1. The van der Waals surface area contributed by atoms with Crippen molar-refractivity contribution in [3.05, 3.63) is 73.1 Å². The van der Waals surface area contributed by atoms with Crippen LogP contribution >= 0.6 is 0 Å². The highest BCUT2D eigenvalue weighted by atomic mass is 16.5. The Hall–Kier alpha value is -4.81. The predicted octanol–water partition coefficient (Wildman–Crippen LogP) is 4.14. The first kappa shape index (κ1) is 24.9. The molecular formula is C29H27N5O4. The molecule has 0 aliphatic carbocycles. The number of anilines is 2. The quantitative estimate of drug-likeness (QED) is 0.246. The summed E-state index contributed by atoms with van der Waals surface area (Å²) in [6, 6.07) is 20.7. The van der Waals surface area contributed by atoms with Crippen molar-refractivity contribution in [2.24, 2.45) is 0 Å². The lowest BCUT2D eigenvalue weighted by molar-refractivity contribution is -0.110. The van der Waals surface area contributed by atoms with Crippen LogP contribution in [0.15, 0.2) is 73.1 Å². The summed E-state index contributed by atoms with van der Waals surface area (Å²) in [4.78, 5) is 23.2. The van der Waals surface area contributed by atoms with E-state index < -0.39 is 0 Å². The lowest BCUT2D eigenvalue weighted by Gasteiger charge is -2.40. The van der Waals surface area contributed by atoms with E-state index in [4.69, 9.17) is 20.6 Å². The van der Waals surface area contributed by atoms with Crippen LogP contribution in [0.2, 0.25) is 0 Å². The first-order valence-corrected chi connectivity index (χ1v) is 12.2. The van der Waals surface area contributed by atoms with Crippen LogP contribution in [0.4, 0.5) is 11.5 Å². The maximum atomic E-state index is 12.1. The van der Waals surface area contributed by atoms with Gasteiger partial charge in [-0.25, -0.2) is 20.0 Å². The van der Waals surface area contributed by atoms with E-state index in [0.717, 1.165) is 34.6 Å². The number of para-hydroxylation sites is 1. The number of aromatic nitrogens is 2. The SMILES string of the molecule is C#CCOc1cc2ncnc(N3CCN(N(C=O)c4ccc(Oc5ccccc5)cc4)CC3)c2cc1OC. The van der Waals surface area contributed by atoms with Gasteiger partial charge in [0.2, 0.25) is 6.41 Å². The van der Waals surface area contributed by atoms with Crippen molar-refractivity contribution in [3.8, 4) is 35.3 Å². The van der Waals surface area contributed by atoms with Crippen molar-refractivity contribution in [2.45, 2.75) is 0 Å². The highest BCUT2D eigenvalue weighted by Gasteiger charge is 2.25. The van der Waals surface area contributed by atoms with Crippen LogP contribution in [0.3, 0.4) is 0 Å². The van der Waals surface area contributed by atoms with Crippen LogP contribution in [0.25, 0.3) is 10.9 Å². The Morgan fingerprint density at radius 1 is 0.974 bits per heavy atom. The first-order valence-electron chi connectivity index (χ1n) is 12.2. The van der Waals surface area contributed by atoms with Gasteiger partial charge in [0.1, 0.15) is 30.3 Å². The molecule has 9 heteroatoms. The zero-order valence-electron chi connectivity index (χ0n) is 21.0. The molecule has 1 aromatic heterocycles. The van der Waals surface area contributed by atoms with Crippen LogP contribution in [-0.4, -0.2) is 61.3 Å². The molecule has 0 N–H and O–H groups in total. The van der Waals surface area contributed by atoms with Crippen molar-refractivity contribution >= 4 is 28.8 Å². The van der Waals surface area contributed by atoms with Crippen LogP contribution < -0.4 is 24.1 Å². The lowest BCUT2D eigenvalue weighted by Crippen LogP contribution is -2.54. The molecule has 0 bridgehead atoms. The van der Waals surface area contributed by atoms with Crippen LogP contribution in [0.1, 0.15) is 0 Å². The Morgan fingerprint density at radius 2 is 1.71 bits per heavy atom. The Kier molecular flexibility index (Phi) is 7.52. The smallest absolute Gasteiger partial charge is 0.228 e. The number of nitrogens with zero attached hydrogens (tertiary/aromatic N) is 5. The molecule has 38 heavy (non-hydrogen) atoms. The van der Waals surface area contributed by atoms with Crippen molar-refractivity contribution in [1.82, 2.24) is 15.0 Å². The topological polar surface area (TPSA) is 80.3 Å². The normalized spacial score (nSPS) is 13.5. The minimum Gasteiger partial charge on any atom is -0.493 e. The number of ether oxygens (including phenoxy) is 3. The molecule has 1 saturated heterocycles. The van der Waals surface area contributed by atoms with Crippen molar-refractivity contribution in [2.75, 3.05) is 49.8 Å². The number of carbonyl (C=O) groups is 1. The molecule has 9 nitrogen and oxygen atoms in total. The zero-order valence-corrected chi connectivity index (χ0v) is 21.0. The first-order chi connectivity index (χ1) is 18.7. The number of hydrogen-bond donors (Lipinski definition) is 0. The number of piperazine rings is 1. The van der Waals surface area contributed by atoms with Gasteiger partial charge in [-0.15, -0.1) is 6.42 Å². The third-order valence-electron chi connectivity index (χ3n) is 6.25. The van der Waals surface area contributed by atoms with Gasteiger partial charge in [0.05, 0.1) is 18.3 Å². The van der Waals surface area contributed by atoms with Gasteiger partial charge in [-0.05, 0) is 42.5 Å². The predicted molar refractivity (Wildman–Crippen MR) is 146 cm³/mol. The Balaban J connectivity index is 1.28. The van der Waals surface area contributed by atoms with Gasteiger partial charge >= 0.3 is 0 Å². The highest BCUT2D eigenvalue weighted by Crippen LogP contribution is 2.35. The van der Waals surface area contributed by atoms with E-state index in [1.807, 2.05) is 71.7 Å². The number of methoxy groups -OCH3 is 1. The molecule has 1 amide bonds. The molecule has 1 fully saturated rings. The molecule has 0 atom stereocenters. The second-order valence-electron chi connectivity index (χ2n) is 8.51. The minimum atomic E-state index is 0.137. The summed E-state index contributed by atoms with van der Waals surface area (Å²) in [6.07, 6.45) is 7.71. The fraction of sp³-hybridized carbons (Fsp3) is 0.207. The monoisotopic (exact) mass is 509 g/mol. The number of carbonyl (C=O) groups excluding carboxylic acids is 1. The summed E-state index contributed by atoms with van der Waals surface area (Å²) in [6.45, 7) is 2.74. The van der Waals surface area contributed by atoms with Gasteiger partial charge in [0.15, 0.2) is 11.5 Å². The largest absolute Gasteiger partial charge is 0.493 e.